The minimum Gasteiger partial charge on any atom is -0.293 e. The van der Waals surface area contributed by atoms with Crippen molar-refractivity contribution in [1.82, 2.24) is 10.4 Å². The zero-order chi connectivity index (χ0) is 15.3. The number of aromatic nitrogens is 1. The average Bonchev–Trinajstić information content (AvgIpc) is 3.11. The number of nitrogens with zero attached hydrogens (tertiary/aromatic N) is 3. The van der Waals surface area contributed by atoms with E-state index in [9.17, 15) is 4.79 Å². The summed E-state index contributed by atoms with van der Waals surface area (Å²) in [5.74, 6) is -0.432. The van der Waals surface area contributed by atoms with Gasteiger partial charge in [-0.05, 0) is 31.9 Å². The van der Waals surface area contributed by atoms with E-state index in [1.54, 1.807) is 0 Å². The molecule has 1 aromatic heterocycles. The van der Waals surface area contributed by atoms with Gasteiger partial charge in [-0.3, -0.25) is 15.2 Å². The SMILES string of the molecule is C=C1NN(c2nc3ccccc3s2)C(=O)C1C(C)=NC1CC1. The van der Waals surface area contributed by atoms with Gasteiger partial charge in [0.15, 0.2) is 0 Å². The number of carbonyl (C=O) groups excluding carboxylic acids is 1. The summed E-state index contributed by atoms with van der Waals surface area (Å²) in [6.45, 7) is 5.90. The molecule has 2 fully saturated rings. The molecule has 112 valence electrons. The highest BCUT2D eigenvalue weighted by Crippen LogP contribution is 2.33. The number of thiazole rings is 1. The molecule has 1 N–H and O–H groups in total. The van der Waals surface area contributed by atoms with Crippen LogP contribution in [0.2, 0.25) is 0 Å². The summed E-state index contributed by atoms with van der Waals surface area (Å²) < 4.78 is 1.06. The van der Waals surface area contributed by atoms with Gasteiger partial charge in [-0.25, -0.2) is 4.98 Å². The highest BCUT2D eigenvalue weighted by Gasteiger charge is 2.39. The van der Waals surface area contributed by atoms with Crippen LogP contribution in [0, 0.1) is 5.92 Å². The first-order valence-electron chi connectivity index (χ1n) is 7.33. The van der Waals surface area contributed by atoms with Crippen LogP contribution in [0.1, 0.15) is 19.8 Å². The van der Waals surface area contributed by atoms with Crippen LogP contribution < -0.4 is 10.4 Å². The van der Waals surface area contributed by atoms with Gasteiger partial charge in [0.05, 0.1) is 16.3 Å². The van der Waals surface area contributed by atoms with Gasteiger partial charge in [0.1, 0.15) is 5.92 Å². The molecule has 1 saturated carbocycles. The van der Waals surface area contributed by atoms with Crippen LogP contribution in [0.15, 0.2) is 41.5 Å². The Labute approximate surface area is 132 Å². The number of hydrogen-bond donors (Lipinski definition) is 1. The van der Waals surface area contributed by atoms with E-state index >= 15 is 0 Å². The predicted molar refractivity (Wildman–Crippen MR) is 89.0 cm³/mol. The van der Waals surface area contributed by atoms with Gasteiger partial charge >= 0.3 is 0 Å². The molecule has 6 heteroatoms. The Kier molecular flexibility index (Phi) is 3.00. The number of hydrogen-bond acceptors (Lipinski definition) is 5. The number of carbonyl (C=O) groups is 1. The van der Waals surface area contributed by atoms with Crippen molar-refractivity contribution >= 4 is 38.3 Å². The number of aliphatic imine (C=N–C) groups is 1. The van der Waals surface area contributed by atoms with Crippen LogP contribution in [0.4, 0.5) is 5.13 Å². The van der Waals surface area contributed by atoms with Gasteiger partial charge in [0, 0.05) is 11.4 Å². The number of nitrogens with one attached hydrogen (secondary N) is 1. The van der Waals surface area contributed by atoms with Gasteiger partial charge in [0.25, 0.3) is 5.91 Å². The Balaban J connectivity index is 1.65. The summed E-state index contributed by atoms with van der Waals surface area (Å²) in [6.07, 6.45) is 2.25. The molecule has 1 amide bonds. The van der Waals surface area contributed by atoms with Crippen molar-refractivity contribution in [3.05, 3.63) is 36.5 Å². The maximum atomic E-state index is 12.7. The second kappa shape index (κ2) is 4.91. The molecule has 1 unspecified atom stereocenters. The van der Waals surface area contributed by atoms with Crippen molar-refractivity contribution in [1.29, 1.82) is 0 Å². The fourth-order valence-electron chi connectivity index (χ4n) is 2.64. The van der Waals surface area contributed by atoms with Gasteiger partial charge < -0.3 is 0 Å². The summed E-state index contributed by atoms with van der Waals surface area (Å²) in [6, 6.07) is 8.26. The van der Waals surface area contributed by atoms with E-state index in [1.807, 2.05) is 31.2 Å². The molecule has 2 heterocycles. The van der Waals surface area contributed by atoms with Crippen molar-refractivity contribution in [3.8, 4) is 0 Å². The van der Waals surface area contributed by atoms with Gasteiger partial charge in [0.2, 0.25) is 5.13 Å². The lowest BCUT2D eigenvalue weighted by molar-refractivity contribution is -0.118. The van der Waals surface area contributed by atoms with Crippen molar-refractivity contribution in [2.24, 2.45) is 10.9 Å². The molecule has 4 rings (SSSR count). The van der Waals surface area contributed by atoms with Crippen LogP contribution in [-0.4, -0.2) is 22.6 Å². The topological polar surface area (TPSA) is 57.6 Å². The number of anilines is 1. The first-order valence-corrected chi connectivity index (χ1v) is 8.14. The second-order valence-corrected chi connectivity index (χ2v) is 6.72. The summed E-state index contributed by atoms with van der Waals surface area (Å²) in [4.78, 5) is 21.8. The predicted octanol–water partition coefficient (Wildman–Crippen LogP) is 2.90. The normalized spacial score (nSPS) is 22.5. The van der Waals surface area contributed by atoms with Crippen molar-refractivity contribution < 1.29 is 4.79 Å². The number of hydrazine groups is 1. The first-order chi connectivity index (χ1) is 10.6. The van der Waals surface area contributed by atoms with Crippen LogP contribution in [0.3, 0.4) is 0 Å². The molecule has 0 spiro atoms. The Bertz CT molecular complexity index is 772. The third kappa shape index (κ3) is 2.20. The third-order valence-electron chi connectivity index (χ3n) is 3.90. The summed E-state index contributed by atoms with van der Waals surface area (Å²) in [7, 11) is 0. The minimum absolute atomic E-state index is 0.0500. The van der Waals surface area contributed by atoms with E-state index in [0.717, 1.165) is 28.8 Å². The van der Waals surface area contributed by atoms with Gasteiger partial charge in [-0.15, -0.1) is 0 Å². The Morgan fingerprint density at radius 2 is 2.23 bits per heavy atom. The highest BCUT2D eigenvalue weighted by atomic mass is 32.1. The van der Waals surface area contributed by atoms with Crippen molar-refractivity contribution in [3.63, 3.8) is 0 Å². The average molecular weight is 312 g/mol. The molecule has 2 aromatic rings. The van der Waals surface area contributed by atoms with Crippen molar-refractivity contribution in [2.75, 3.05) is 5.01 Å². The summed E-state index contributed by atoms with van der Waals surface area (Å²) in [5.41, 5.74) is 5.47. The van der Waals surface area contributed by atoms with Gasteiger partial charge in [-0.1, -0.05) is 30.0 Å². The van der Waals surface area contributed by atoms with E-state index in [2.05, 4.69) is 22.0 Å². The maximum Gasteiger partial charge on any atom is 0.262 e. The molecular weight excluding hydrogens is 296 g/mol. The molecule has 1 aromatic carbocycles. The first kappa shape index (κ1) is 13.5. The molecule has 0 radical (unpaired) electrons. The Morgan fingerprint density at radius 3 is 2.95 bits per heavy atom. The zero-order valence-electron chi connectivity index (χ0n) is 12.2. The third-order valence-corrected chi connectivity index (χ3v) is 4.92. The highest BCUT2D eigenvalue weighted by molar-refractivity contribution is 7.22. The number of rotatable bonds is 3. The molecule has 1 saturated heterocycles. The Hall–Kier alpha value is -2.21. The molecule has 22 heavy (non-hydrogen) atoms. The van der Waals surface area contributed by atoms with Crippen LogP contribution in [0.5, 0.6) is 0 Å². The Morgan fingerprint density at radius 1 is 1.45 bits per heavy atom. The standard InChI is InChI=1S/C16H16N4OS/c1-9(17-11-7-8-11)14-10(2)19-20(15(14)21)16-18-12-5-3-4-6-13(12)22-16/h3-6,11,14,19H,2,7-8H2,1H3. The zero-order valence-corrected chi connectivity index (χ0v) is 13.1. The number of amides is 1. The second-order valence-electron chi connectivity index (χ2n) is 5.71. The minimum atomic E-state index is -0.382. The largest absolute Gasteiger partial charge is 0.293 e. The fraction of sp³-hybridized carbons (Fsp3) is 0.312. The monoisotopic (exact) mass is 312 g/mol. The lowest BCUT2D eigenvalue weighted by Gasteiger charge is -2.11. The lowest BCUT2D eigenvalue weighted by atomic mass is 10.0. The molecule has 0 bridgehead atoms. The van der Waals surface area contributed by atoms with Crippen LogP contribution in [-0.2, 0) is 4.79 Å². The van der Waals surface area contributed by atoms with E-state index in [0.29, 0.717) is 16.9 Å². The fourth-order valence-corrected chi connectivity index (χ4v) is 3.57. The number of fused-ring (bicyclic) bond motifs is 1. The number of para-hydroxylation sites is 1. The molecule has 2 aliphatic rings. The van der Waals surface area contributed by atoms with Crippen LogP contribution in [0.25, 0.3) is 10.2 Å². The quantitative estimate of drug-likeness (QED) is 0.887. The van der Waals surface area contributed by atoms with Crippen molar-refractivity contribution in [2.45, 2.75) is 25.8 Å². The van der Waals surface area contributed by atoms with E-state index in [-0.39, 0.29) is 11.8 Å². The van der Waals surface area contributed by atoms with E-state index < -0.39 is 0 Å². The molecule has 1 atom stereocenters. The molecule has 1 aliphatic heterocycles. The summed E-state index contributed by atoms with van der Waals surface area (Å²) in [5, 5.41) is 2.15. The molecular formula is C16H16N4OS. The number of benzene rings is 1. The lowest BCUT2D eigenvalue weighted by Crippen LogP contribution is -2.34. The molecule has 1 aliphatic carbocycles. The summed E-state index contributed by atoms with van der Waals surface area (Å²) >= 11 is 1.49. The maximum absolute atomic E-state index is 12.7. The van der Waals surface area contributed by atoms with E-state index in [1.165, 1.54) is 16.3 Å². The van der Waals surface area contributed by atoms with Gasteiger partial charge in [-0.2, -0.15) is 5.01 Å². The van der Waals surface area contributed by atoms with Crippen LogP contribution >= 0.6 is 11.3 Å². The smallest absolute Gasteiger partial charge is 0.262 e. The molecule has 5 nitrogen and oxygen atoms in total. The van der Waals surface area contributed by atoms with E-state index in [4.69, 9.17) is 0 Å².